The number of carbonyl (C=O) groups is 1. The smallest absolute Gasteiger partial charge is 0.225 e. The third-order valence-corrected chi connectivity index (χ3v) is 4.29. The monoisotopic (exact) mass is 294 g/mol. The van der Waals surface area contributed by atoms with Crippen molar-refractivity contribution in [2.45, 2.75) is 17.7 Å². The molecule has 0 bridgehead atoms. The molecule has 0 spiro atoms. The summed E-state index contributed by atoms with van der Waals surface area (Å²) in [5.41, 5.74) is 9.79. The number of rotatable bonds is 5. The topological polar surface area (TPSA) is 80.9 Å². The molecule has 0 unspecified atom stereocenters. The van der Waals surface area contributed by atoms with Gasteiger partial charge in [0.25, 0.3) is 0 Å². The number of anilines is 2. The second-order valence-electron chi connectivity index (χ2n) is 3.93. The number of aromatic nitrogens is 2. The van der Waals surface area contributed by atoms with Crippen molar-refractivity contribution >= 4 is 40.4 Å². The highest BCUT2D eigenvalue weighted by molar-refractivity contribution is 8.01. The molecular formula is C12H14N4OS2. The predicted octanol–water partition coefficient (Wildman–Crippen LogP) is 2.55. The second-order valence-corrected chi connectivity index (χ2v) is 6.10. The van der Waals surface area contributed by atoms with Gasteiger partial charge in [-0.3, -0.25) is 4.79 Å². The Labute approximate surface area is 119 Å². The normalized spacial score (nSPS) is 10.4. The van der Waals surface area contributed by atoms with Crippen molar-refractivity contribution < 1.29 is 4.79 Å². The van der Waals surface area contributed by atoms with Gasteiger partial charge in [0, 0.05) is 23.5 Å². The van der Waals surface area contributed by atoms with Crippen molar-refractivity contribution in [2.24, 2.45) is 0 Å². The summed E-state index contributed by atoms with van der Waals surface area (Å²) in [5, 5.41) is 10.5. The summed E-state index contributed by atoms with van der Waals surface area (Å²) in [6.45, 7) is 1.94. The van der Waals surface area contributed by atoms with Crippen LogP contribution in [0.1, 0.15) is 12.0 Å². The first-order valence-corrected chi connectivity index (χ1v) is 7.56. The van der Waals surface area contributed by atoms with Crippen molar-refractivity contribution in [3.05, 3.63) is 29.3 Å². The Hall–Kier alpha value is -1.60. The molecule has 0 atom stereocenters. The zero-order chi connectivity index (χ0) is 13.7. The van der Waals surface area contributed by atoms with E-state index in [9.17, 15) is 4.79 Å². The molecule has 1 aromatic carbocycles. The first-order chi connectivity index (χ1) is 9.15. The van der Waals surface area contributed by atoms with Gasteiger partial charge in [-0.15, -0.1) is 10.2 Å². The van der Waals surface area contributed by atoms with Gasteiger partial charge >= 0.3 is 0 Å². The number of nitrogens with two attached hydrogens (primary N) is 1. The second kappa shape index (κ2) is 6.53. The molecular weight excluding hydrogens is 280 g/mol. The van der Waals surface area contributed by atoms with E-state index in [1.54, 1.807) is 11.6 Å². The maximum absolute atomic E-state index is 11.8. The molecule has 100 valence electrons. The lowest BCUT2D eigenvalue weighted by atomic mass is 10.2. The first-order valence-electron chi connectivity index (χ1n) is 5.70. The molecule has 2 aromatic rings. The molecule has 0 radical (unpaired) electrons. The number of aryl methyl sites for hydroxylation is 1. The molecule has 0 fully saturated rings. The molecule has 5 nitrogen and oxygen atoms in total. The van der Waals surface area contributed by atoms with Gasteiger partial charge in [0.1, 0.15) is 5.51 Å². The van der Waals surface area contributed by atoms with E-state index in [0.717, 1.165) is 15.6 Å². The predicted molar refractivity (Wildman–Crippen MR) is 79.5 cm³/mol. The van der Waals surface area contributed by atoms with E-state index >= 15 is 0 Å². The van der Waals surface area contributed by atoms with Gasteiger partial charge in [0.05, 0.1) is 0 Å². The average molecular weight is 294 g/mol. The van der Waals surface area contributed by atoms with E-state index in [0.29, 0.717) is 17.9 Å². The lowest BCUT2D eigenvalue weighted by Gasteiger charge is -2.08. The van der Waals surface area contributed by atoms with E-state index in [1.807, 2.05) is 19.1 Å². The van der Waals surface area contributed by atoms with Crippen LogP contribution < -0.4 is 11.1 Å². The summed E-state index contributed by atoms with van der Waals surface area (Å²) in [5.74, 6) is 0.660. The summed E-state index contributed by atoms with van der Waals surface area (Å²) in [7, 11) is 0. The molecule has 0 saturated carbocycles. The number of hydrogen-bond donors (Lipinski definition) is 2. The van der Waals surface area contributed by atoms with Crippen LogP contribution in [0.4, 0.5) is 11.4 Å². The van der Waals surface area contributed by atoms with E-state index in [4.69, 9.17) is 5.73 Å². The number of amides is 1. The van der Waals surface area contributed by atoms with Crippen LogP contribution in [-0.2, 0) is 4.79 Å². The summed E-state index contributed by atoms with van der Waals surface area (Å²) >= 11 is 3.01. The average Bonchev–Trinajstić information content (AvgIpc) is 2.87. The van der Waals surface area contributed by atoms with Crippen molar-refractivity contribution in [1.82, 2.24) is 10.2 Å². The minimum Gasteiger partial charge on any atom is -0.399 e. The highest BCUT2D eigenvalue weighted by atomic mass is 32.2. The largest absolute Gasteiger partial charge is 0.399 e. The summed E-state index contributed by atoms with van der Waals surface area (Å²) in [6.07, 6.45) is 0.429. The van der Waals surface area contributed by atoms with Crippen LogP contribution in [0.2, 0.25) is 0 Å². The molecule has 19 heavy (non-hydrogen) atoms. The fourth-order valence-electron chi connectivity index (χ4n) is 1.44. The number of nitrogens with zero attached hydrogens (tertiary/aromatic N) is 2. The molecule has 1 aromatic heterocycles. The van der Waals surface area contributed by atoms with Gasteiger partial charge in [-0.25, -0.2) is 0 Å². The van der Waals surface area contributed by atoms with E-state index in [2.05, 4.69) is 15.5 Å². The maximum Gasteiger partial charge on any atom is 0.225 e. The third-order valence-electron chi connectivity index (χ3n) is 2.43. The fourth-order valence-corrected chi connectivity index (χ4v) is 2.94. The molecule has 3 N–H and O–H groups in total. The van der Waals surface area contributed by atoms with E-state index in [-0.39, 0.29) is 5.91 Å². The van der Waals surface area contributed by atoms with Gasteiger partial charge in [0.2, 0.25) is 5.91 Å². The third kappa shape index (κ3) is 4.22. The Morgan fingerprint density at radius 3 is 3.11 bits per heavy atom. The molecule has 1 heterocycles. The molecule has 0 aliphatic heterocycles. The zero-order valence-electron chi connectivity index (χ0n) is 10.4. The molecule has 0 aliphatic carbocycles. The lowest BCUT2D eigenvalue weighted by molar-refractivity contribution is -0.115. The number of nitrogen functional groups attached to an aromatic ring is 1. The van der Waals surface area contributed by atoms with Gasteiger partial charge in [-0.1, -0.05) is 29.2 Å². The number of benzene rings is 1. The quantitative estimate of drug-likeness (QED) is 0.654. The van der Waals surface area contributed by atoms with Crippen molar-refractivity contribution in [2.75, 3.05) is 16.8 Å². The fraction of sp³-hybridized carbons (Fsp3) is 0.250. The van der Waals surface area contributed by atoms with Crippen LogP contribution in [0.5, 0.6) is 0 Å². The summed E-state index contributed by atoms with van der Waals surface area (Å²) in [4.78, 5) is 11.8. The Morgan fingerprint density at radius 2 is 2.37 bits per heavy atom. The number of carbonyl (C=O) groups excluding carboxylic acids is 1. The minimum absolute atomic E-state index is 0.0225. The molecule has 7 heteroatoms. The van der Waals surface area contributed by atoms with Crippen LogP contribution in [0, 0.1) is 6.92 Å². The summed E-state index contributed by atoms with van der Waals surface area (Å²) in [6, 6.07) is 5.47. The van der Waals surface area contributed by atoms with E-state index < -0.39 is 0 Å². The van der Waals surface area contributed by atoms with Crippen molar-refractivity contribution in [1.29, 1.82) is 0 Å². The molecule has 1 amide bonds. The minimum atomic E-state index is -0.0225. The highest BCUT2D eigenvalue weighted by Crippen LogP contribution is 2.21. The molecule has 0 aliphatic rings. The lowest BCUT2D eigenvalue weighted by Crippen LogP contribution is -2.13. The Morgan fingerprint density at radius 1 is 1.53 bits per heavy atom. The van der Waals surface area contributed by atoms with Gasteiger partial charge in [0.15, 0.2) is 4.34 Å². The van der Waals surface area contributed by atoms with E-state index in [1.165, 1.54) is 23.1 Å². The van der Waals surface area contributed by atoms with Crippen molar-refractivity contribution in [3.63, 3.8) is 0 Å². The molecule has 0 saturated heterocycles. The number of nitrogens with one attached hydrogen (secondary N) is 1. The highest BCUT2D eigenvalue weighted by Gasteiger charge is 2.06. The Balaban J connectivity index is 1.82. The Bertz CT molecular complexity index is 557. The van der Waals surface area contributed by atoms with Crippen LogP contribution in [-0.4, -0.2) is 21.9 Å². The standard InChI is InChI=1S/C12H14N4OS2/c1-8-2-3-9(13)6-10(8)15-11(17)4-5-18-12-16-14-7-19-12/h2-3,6-7H,4-5,13H2,1H3,(H,15,17). The van der Waals surface area contributed by atoms with Crippen LogP contribution in [0.3, 0.4) is 0 Å². The van der Waals surface area contributed by atoms with Gasteiger partial charge in [-0.05, 0) is 24.6 Å². The van der Waals surface area contributed by atoms with Gasteiger partial charge < -0.3 is 11.1 Å². The first kappa shape index (κ1) is 13.8. The molecule has 2 rings (SSSR count). The van der Waals surface area contributed by atoms with Crippen LogP contribution >= 0.6 is 23.1 Å². The van der Waals surface area contributed by atoms with Crippen molar-refractivity contribution in [3.8, 4) is 0 Å². The number of thioether (sulfide) groups is 1. The van der Waals surface area contributed by atoms with Gasteiger partial charge in [-0.2, -0.15) is 0 Å². The zero-order valence-corrected chi connectivity index (χ0v) is 12.1. The summed E-state index contributed by atoms with van der Waals surface area (Å²) < 4.78 is 0.882. The van der Waals surface area contributed by atoms with Crippen LogP contribution in [0.25, 0.3) is 0 Å². The Kier molecular flexibility index (Phi) is 4.75. The number of hydrogen-bond acceptors (Lipinski definition) is 6. The van der Waals surface area contributed by atoms with Crippen LogP contribution in [0.15, 0.2) is 28.0 Å². The SMILES string of the molecule is Cc1ccc(N)cc1NC(=O)CCSc1nncs1. The maximum atomic E-state index is 11.8.